The number of para-hydroxylation sites is 1. The fraction of sp³-hybridized carbons (Fsp3) is 0.375. The van der Waals surface area contributed by atoms with Gasteiger partial charge in [0.15, 0.2) is 0 Å². The largest absolute Gasteiger partial charge is 0.494 e. The highest BCUT2D eigenvalue weighted by molar-refractivity contribution is 5.74. The van der Waals surface area contributed by atoms with Crippen molar-refractivity contribution in [2.45, 2.75) is 37.6 Å². The highest BCUT2D eigenvalue weighted by atomic mass is 19.1. The number of ether oxygens (including phenoxy) is 1. The first-order chi connectivity index (χ1) is 15.4. The van der Waals surface area contributed by atoms with E-state index in [1.54, 1.807) is 12.1 Å². The van der Waals surface area contributed by atoms with Crippen molar-refractivity contribution in [1.82, 2.24) is 4.90 Å². The van der Waals surface area contributed by atoms with Crippen LogP contribution in [0.2, 0.25) is 0 Å². The summed E-state index contributed by atoms with van der Waals surface area (Å²) in [4.78, 5) is 31.4. The van der Waals surface area contributed by atoms with Gasteiger partial charge < -0.3 is 20.4 Å². The summed E-state index contributed by atoms with van der Waals surface area (Å²) in [5, 5.41) is 8.99. The number of likely N-dealkylation sites (tertiary alicyclic amines) is 1. The van der Waals surface area contributed by atoms with E-state index in [1.807, 2.05) is 42.3 Å². The Hall–Kier alpha value is -3.26. The maximum absolute atomic E-state index is 12.8. The molecule has 1 fully saturated rings. The van der Waals surface area contributed by atoms with Gasteiger partial charge >= 0.3 is 5.97 Å². The molecule has 2 aromatic rings. The van der Waals surface area contributed by atoms with Crippen LogP contribution in [-0.4, -0.2) is 54.9 Å². The summed E-state index contributed by atoms with van der Waals surface area (Å²) in [7, 11) is 1.81. The fourth-order valence-electron chi connectivity index (χ4n) is 3.30. The van der Waals surface area contributed by atoms with E-state index in [0.29, 0.717) is 26.0 Å². The van der Waals surface area contributed by atoms with Crippen molar-refractivity contribution < 1.29 is 28.6 Å². The molecule has 0 aliphatic carbocycles. The lowest BCUT2D eigenvalue weighted by atomic mass is 9.96. The fourth-order valence-corrected chi connectivity index (χ4v) is 3.30. The van der Waals surface area contributed by atoms with Gasteiger partial charge in [0.1, 0.15) is 23.9 Å². The average Bonchev–Trinajstić information content (AvgIpc) is 3.18. The van der Waals surface area contributed by atoms with Gasteiger partial charge in [-0.2, -0.15) is 0 Å². The predicted molar refractivity (Wildman–Crippen MR) is 120 cm³/mol. The Balaban J connectivity index is 0.000000291. The molecule has 2 atom stereocenters. The van der Waals surface area contributed by atoms with Gasteiger partial charge in [-0.1, -0.05) is 30.3 Å². The summed E-state index contributed by atoms with van der Waals surface area (Å²) in [5.74, 6) is 0.0392. The number of carbonyl (C=O) groups excluding carboxylic acids is 2. The molecule has 3 N–H and O–H groups in total. The maximum Gasteiger partial charge on any atom is 0.320 e. The third-order valence-corrected chi connectivity index (χ3v) is 4.90. The van der Waals surface area contributed by atoms with Gasteiger partial charge in [-0.25, -0.2) is 4.39 Å². The van der Waals surface area contributed by atoms with Crippen molar-refractivity contribution >= 4 is 18.7 Å². The average molecular weight is 447 g/mol. The Morgan fingerprint density at radius 2 is 1.78 bits per heavy atom. The van der Waals surface area contributed by atoms with Crippen LogP contribution in [0.1, 0.15) is 37.2 Å². The summed E-state index contributed by atoms with van der Waals surface area (Å²) >= 11 is 0. The van der Waals surface area contributed by atoms with Crippen LogP contribution < -0.4 is 10.5 Å². The Morgan fingerprint density at radius 1 is 1.16 bits per heavy atom. The summed E-state index contributed by atoms with van der Waals surface area (Å²) in [6, 6.07) is 15.6. The second-order valence-electron chi connectivity index (χ2n) is 7.24. The third-order valence-electron chi connectivity index (χ3n) is 4.90. The Labute approximate surface area is 188 Å². The van der Waals surface area contributed by atoms with Gasteiger partial charge in [0.05, 0.1) is 6.61 Å². The number of carboxylic acids is 1. The number of carbonyl (C=O) groups is 3. The zero-order chi connectivity index (χ0) is 23.8. The highest BCUT2D eigenvalue weighted by Gasteiger charge is 2.34. The van der Waals surface area contributed by atoms with E-state index in [-0.39, 0.29) is 18.1 Å². The minimum Gasteiger partial charge on any atom is -0.494 e. The van der Waals surface area contributed by atoms with Crippen LogP contribution in [0.4, 0.5) is 4.39 Å². The monoisotopic (exact) mass is 446 g/mol. The van der Waals surface area contributed by atoms with Crippen molar-refractivity contribution in [3.63, 3.8) is 0 Å². The standard InChI is InChI=1S/C12H14FNO2.C11H14O2.CH3NO/c1-14-7-9(6-11(14)12(15)16)8-2-4-10(13)5-3-8;12-9-5-2-6-10-13-11-7-3-1-4-8-11;2-1-3/h2-5,9,11H,6-7H2,1H3,(H,15,16);1,3-4,7-9H,2,5-6,10H2;1H,(H2,2,3). The number of primary amides is 1. The second-order valence-corrected chi connectivity index (χ2v) is 7.24. The number of aliphatic carboxylic acids is 1. The second kappa shape index (κ2) is 15.5. The molecular weight excluding hydrogens is 415 g/mol. The smallest absolute Gasteiger partial charge is 0.320 e. The third kappa shape index (κ3) is 10.2. The number of halogens is 1. The van der Waals surface area contributed by atoms with E-state index < -0.39 is 12.0 Å². The first kappa shape index (κ1) is 26.8. The zero-order valence-corrected chi connectivity index (χ0v) is 18.2. The quantitative estimate of drug-likeness (QED) is 0.476. The Morgan fingerprint density at radius 3 is 2.31 bits per heavy atom. The van der Waals surface area contributed by atoms with Crippen molar-refractivity contribution in [2.75, 3.05) is 20.2 Å². The summed E-state index contributed by atoms with van der Waals surface area (Å²) in [6.07, 6.45) is 4.28. The molecule has 32 heavy (non-hydrogen) atoms. The molecule has 1 aliphatic rings. The van der Waals surface area contributed by atoms with Crippen molar-refractivity contribution in [3.8, 4) is 5.75 Å². The van der Waals surface area contributed by atoms with E-state index in [2.05, 4.69) is 5.73 Å². The number of amides is 1. The number of benzene rings is 2. The number of aldehydes is 1. The SMILES string of the molecule is CN1CC(c2ccc(F)cc2)CC1C(=O)O.NC=O.O=CCCCCOc1ccccc1. The van der Waals surface area contributed by atoms with Gasteiger partial charge in [0.25, 0.3) is 0 Å². The van der Waals surface area contributed by atoms with E-state index in [1.165, 1.54) is 12.1 Å². The van der Waals surface area contributed by atoms with Crippen LogP contribution in [0.5, 0.6) is 5.75 Å². The molecule has 1 saturated heterocycles. The van der Waals surface area contributed by atoms with Crippen molar-refractivity contribution in [2.24, 2.45) is 5.73 Å². The van der Waals surface area contributed by atoms with E-state index in [4.69, 9.17) is 14.6 Å². The molecule has 0 bridgehead atoms. The molecule has 0 spiro atoms. The van der Waals surface area contributed by atoms with E-state index in [0.717, 1.165) is 30.4 Å². The van der Waals surface area contributed by atoms with Gasteiger partial charge in [-0.3, -0.25) is 14.5 Å². The molecule has 1 amide bonds. The Bertz CT molecular complexity index is 802. The highest BCUT2D eigenvalue weighted by Crippen LogP contribution is 2.30. The van der Waals surface area contributed by atoms with Crippen LogP contribution in [0.15, 0.2) is 54.6 Å². The molecule has 2 unspecified atom stereocenters. The number of rotatable bonds is 8. The molecule has 1 aliphatic heterocycles. The van der Waals surface area contributed by atoms with Crippen LogP contribution in [0.25, 0.3) is 0 Å². The predicted octanol–water partition coefficient (Wildman–Crippen LogP) is 3.23. The minimum absolute atomic E-state index is 0.187. The van der Waals surface area contributed by atoms with Crippen LogP contribution in [-0.2, 0) is 14.4 Å². The summed E-state index contributed by atoms with van der Waals surface area (Å²) < 4.78 is 18.2. The van der Waals surface area contributed by atoms with Crippen LogP contribution in [0.3, 0.4) is 0 Å². The van der Waals surface area contributed by atoms with Crippen molar-refractivity contribution in [1.29, 1.82) is 0 Å². The van der Waals surface area contributed by atoms with Gasteiger partial charge in [-0.15, -0.1) is 0 Å². The number of unbranched alkanes of at least 4 members (excludes halogenated alkanes) is 2. The first-order valence-corrected chi connectivity index (χ1v) is 10.4. The molecule has 0 radical (unpaired) electrons. The topological polar surface area (TPSA) is 110 Å². The Kier molecular flexibility index (Phi) is 13.0. The molecule has 3 rings (SSSR count). The number of hydrogen-bond acceptors (Lipinski definition) is 5. The molecule has 2 aromatic carbocycles. The van der Waals surface area contributed by atoms with E-state index >= 15 is 0 Å². The molecule has 1 heterocycles. The molecule has 8 heteroatoms. The summed E-state index contributed by atoms with van der Waals surface area (Å²) in [6.45, 7) is 1.40. The number of hydrogen-bond donors (Lipinski definition) is 2. The molecule has 174 valence electrons. The number of likely N-dealkylation sites (N-methyl/N-ethyl adjacent to an activating group) is 1. The normalized spacial score (nSPS) is 17.2. The maximum atomic E-state index is 12.8. The lowest BCUT2D eigenvalue weighted by Gasteiger charge is -2.13. The number of nitrogens with zero attached hydrogens (tertiary/aromatic N) is 1. The summed E-state index contributed by atoms with van der Waals surface area (Å²) in [5.41, 5.74) is 5.18. The lowest BCUT2D eigenvalue weighted by molar-refractivity contribution is -0.141. The number of carboxylic acid groups (broad SMARTS) is 1. The van der Waals surface area contributed by atoms with Gasteiger partial charge in [0, 0.05) is 13.0 Å². The zero-order valence-electron chi connectivity index (χ0n) is 18.2. The van der Waals surface area contributed by atoms with E-state index in [9.17, 15) is 14.0 Å². The molecular formula is C24H31FN2O5. The van der Waals surface area contributed by atoms with Gasteiger partial charge in [0.2, 0.25) is 6.41 Å². The van der Waals surface area contributed by atoms with Crippen molar-refractivity contribution in [3.05, 3.63) is 66.0 Å². The molecule has 0 aromatic heterocycles. The molecule has 0 saturated carbocycles. The van der Waals surface area contributed by atoms with Crippen LogP contribution in [0, 0.1) is 5.82 Å². The van der Waals surface area contributed by atoms with Gasteiger partial charge in [-0.05, 0) is 62.1 Å². The minimum atomic E-state index is -0.785. The number of nitrogens with two attached hydrogens (primary N) is 1. The first-order valence-electron chi connectivity index (χ1n) is 10.4. The van der Waals surface area contributed by atoms with Crippen LogP contribution >= 0.6 is 0 Å². The molecule has 7 nitrogen and oxygen atoms in total. The lowest BCUT2D eigenvalue weighted by Crippen LogP contribution is -2.32.